The van der Waals surface area contributed by atoms with Crippen molar-refractivity contribution in [1.29, 1.82) is 0 Å². The van der Waals surface area contributed by atoms with Gasteiger partial charge in [0.15, 0.2) is 21.3 Å². The smallest absolute Gasteiger partial charge is 0.263 e. The fourth-order valence-electron chi connectivity index (χ4n) is 2.60. The summed E-state index contributed by atoms with van der Waals surface area (Å²) < 4.78 is 33.4. The second-order valence-electron chi connectivity index (χ2n) is 5.74. The van der Waals surface area contributed by atoms with Crippen LogP contribution >= 0.6 is 11.3 Å². The maximum Gasteiger partial charge on any atom is 0.263 e. The Kier molecular flexibility index (Phi) is 5.01. The van der Waals surface area contributed by atoms with Gasteiger partial charge < -0.3 is 14.8 Å². The summed E-state index contributed by atoms with van der Waals surface area (Å²) in [6, 6.07) is 4.90. The van der Waals surface area contributed by atoms with Gasteiger partial charge in [0.05, 0.1) is 31.7 Å². The van der Waals surface area contributed by atoms with Gasteiger partial charge in [-0.05, 0) is 31.2 Å². The molecule has 1 aliphatic heterocycles. The molecular weight excluding hydrogens is 376 g/mol. The first-order valence-electron chi connectivity index (χ1n) is 7.74. The van der Waals surface area contributed by atoms with Crippen LogP contribution in [-0.2, 0) is 9.84 Å². The number of aromatic nitrogens is 1. The molecule has 1 N–H and O–H groups in total. The number of sulfone groups is 1. The van der Waals surface area contributed by atoms with Crippen molar-refractivity contribution in [3.05, 3.63) is 40.3 Å². The van der Waals surface area contributed by atoms with Crippen LogP contribution in [-0.4, -0.2) is 45.3 Å². The molecule has 0 aliphatic carbocycles. The highest BCUT2D eigenvalue weighted by molar-refractivity contribution is 7.94. The molecule has 0 saturated heterocycles. The maximum absolute atomic E-state index is 12.5. The molecule has 7 nitrogen and oxygen atoms in total. The van der Waals surface area contributed by atoms with Crippen molar-refractivity contribution >= 4 is 27.1 Å². The Hall–Kier alpha value is -2.39. The van der Waals surface area contributed by atoms with E-state index in [2.05, 4.69) is 10.3 Å². The molecule has 3 rings (SSSR count). The van der Waals surface area contributed by atoms with Gasteiger partial charge in [-0.25, -0.2) is 13.4 Å². The van der Waals surface area contributed by atoms with Crippen LogP contribution in [0.5, 0.6) is 11.5 Å². The van der Waals surface area contributed by atoms with E-state index in [1.54, 1.807) is 33.3 Å². The third kappa shape index (κ3) is 3.73. The minimum Gasteiger partial charge on any atom is -0.493 e. The predicted molar refractivity (Wildman–Crippen MR) is 99.6 cm³/mol. The summed E-state index contributed by atoms with van der Waals surface area (Å²) in [5.41, 5.74) is 1.39. The van der Waals surface area contributed by atoms with Gasteiger partial charge in [-0.3, -0.25) is 4.79 Å². The lowest BCUT2D eigenvalue weighted by molar-refractivity contribution is 0.0951. The van der Waals surface area contributed by atoms with Crippen LogP contribution in [0.3, 0.4) is 0 Å². The summed E-state index contributed by atoms with van der Waals surface area (Å²) in [5, 5.41) is 4.52. The molecular formula is C17H18N2O5S2. The van der Waals surface area contributed by atoms with Crippen LogP contribution in [0.4, 0.5) is 0 Å². The Morgan fingerprint density at radius 3 is 2.62 bits per heavy atom. The average Bonchev–Trinajstić information content (AvgIpc) is 3.16. The Morgan fingerprint density at radius 2 is 2.00 bits per heavy atom. The Balaban J connectivity index is 1.83. The van der Waals surface area contributed by atoms with Crippen molar-refractivity contribution < 1.29 is 22.7 Å². The van der Waals surface area contributed by atoms with E-state index >= 15 is 0 Å². The van der Waals surface area contributed by atoms with E-state index in [0.29, 0.717) is 27.1 Å². The maximum atomic E-state index is 12.5. The number of hydrogen-bond donors (Lipinski definition) is 1. The minimum absolute atomic E-state index is 0.112. The number of nitrogens with zero attached hydrogens (tertiary/aromatic N) is 1. The number of carbonyl (C=O) groups is 1. The molecule has 0 spiro atoms. The summed E-state index contributed by atoms with van der Waals surface area (Å²) in [5.74, 6) is 0.736. The van der Waals surface area contributed by atoms with Crippen molar-refractivity contribution in [2.75, 3.05) is 20.0 Å². The monoisotopic (exact) mass is 394 g/mol. The topological polar surface area (TPSA) is 94.6 Å². The lowest BCUT2D eigenvalue weighted by atomic mass is 10.2. The molecule has 1 aromatic heterocycles. The van der Waals surface area contributed by atoms with Crippen LogP contribution in [0, 0.1) is 6.92 Å². The molecule has 1 aliphatic rings. The van der Waals surface area contributed by atoms with E-state index in [9.17, 15) is 13.2 Å². The van der Waals surface area contributed by atoms with E-state index in [-0.39, 0.29) is 11.7 Å². The highest BCUT2D eigenvalue weighted by Gasteiger charge is 2.25. The Morgan fingerprint density at radius 1 is 1.27 bits per heavy atom. The van der Waals surface area contributed by atoms with Gasteiger partial charge in [-0.2, -0.15) is 0 Å². The summed E-state index contributed by atoms with van der Waals surface area (Å²) in [7, 11) is -0.106. The molecule has 138 valence electrons. The highest BCUT2D eigenvalue weighted by Crippen LogP contribution is 2.35. The van der Waals surface area contributed by atoms with Gasteiger partial charge >= 0.3 is 0 Å². The molecule has 1 aromatic carbocycles. The summed E-state index contributed by atoms with van der Waals surface area (Å²) in [4.78, 5) is 17.4. The Bertz CT molecular complexity index is 979. The lowest BCUT2D eigenvalue weighted by Crippen LogP contribution is -2.35. The molecule has 1 amide bonds. The quantitative estimate of drug-likeness (QED) is 0.835. The fraction of sp³-hybridized carbons (Fsp3) is 0.294. The van der Waals surface area contributed by atoms with Gasteiger partial charge in [0, 0.05) is 11.0 Å². The number of rotatable bonds is 5. The fourth-order valence-corrected chi connectivity index (χ4v) is 4.80. The van der Waals surface area contributed by atoms with Crippen molar-refractivity contribution in [2.45, 2.75) is 13.0 Å². The summed E-state index contributed by atoms with van der Waals surface area (Å²) in [6.45, 7) is 1.75. The molecule has 0 bridgehead atoms. The van der Waals surface area contributed by atoms with E-state index in [1.807, 2.05) is 6.07 Å². The van der Waals surface area contributed by atoms with Crippen molar-refractivity contribution in [2.24, 2.45) is 0 Å². The van der Waals surface area contributed by atoms with Crippen LogP contribution < -0.4 is 14.8 Å². The van der Waals surface area contributed by atoms with E-state index < -0.39 is 15.9 Å². The first-order chi connectivity index (χ1) is 12.3. The van der Waals surface area contributed by atoms with E-state index in [0.717, 1.165) is 11.0 Å². The van der Waals surface area contributed by atoms with Gasteiger partial charge in [0.25, 0.3) is 5.91 Å². The first kappa shape index (κ1) is 18.4. The molecule has 0 saturated carbocycles. The van der Waals surface area contributed by atoms with Gasteiger partial charge in [0.2, 0.25) is 0 Å². The standard InChI is InChI=1S/C17H18N2O5S2/c1-10-15(16(20)19-12-6-7-26(21,22)9-12)25-17(18-10)11-4-5-13(23-2)14(8-11)24-3/h4-8,12H,9H2,1-3H3,(H,19,20)/t12-/m0/s1. The zero-order valence-corrected chi connectivity index (χ0v) is 16.1. The number of carbonyl (C=O) groups excluding carboxylic acids is 1. The minimum atomic E-state index is -3.22. The number of nitrogens with one attached hydrogen (secondary N) is 1. The summed E-state index contributed by atoms with van der Waals surface area (Å²) in [6.07, 6.45) is 1.48. The molecule has 26 heavy (non-hydrogen) atoms. The van der Waals surface area contributed by atoms with Crippen molar-refractivity contribution in [1.82, 2.24) is 10.3 Å². The highest BCUT2D eigenvalue weighted by atomic mass is 32.2. The Labute approximate surface area is 155 Å². The number of ether oxygens (including phenoxy) is 2. The van der Waals surface area contributed by atoms with Gasteiger partial charge in [-0.1, -0.05) is 0 Å². The molecule has 0 fully saturated rings. The van der Waals surface area contributed by atoms with E-state index in [1.165, 1.54) is 17.4 Å². The molecule has 0 radical (unpaired) electrons. The van der Waals surface area contributed by atoms with Crippen molar-refractivity contribution in [3.63, 3.8) is 0 Å². The number of benzene rings is 1. The van der Waals surface area contributed by atoms with Gasteiger partial charge in [-0.15, -0.1) is 11.3 Å². The normalized spacial score (nSPS) is 17.9. The third-order valence-corrected chi connectivity index (χ3v) is 6.48. The number of amides is 1. The number of methoxy groups -OCH3 is 2. The molecule has 2 aromatic rings. The van der Waals surface area contributed by atoms with Crippen molar-refractivity contribution in [3.8, 4) is 22.1 Å². The second kappa shape index (κ2) is 7.08. The largest absolute Gasteiger partial charge is 0.493 e. The molecule has 9 heteroatoms. The van der Waals surface area contributed by atoms with Crippen LogP contribution in [0.15, 0.2) is 29.7 Å². The number of thiazole rings is 1. The van der Waals surface area contributed by atoms with Gasteiger partial charge in [0.1, 0.15) is 9.88 Å². The zero-order chi connectivity index (χ0) is 18.9. The predicted octanol–water partition coefficient (Wildman–Crippen LogP) is 2.18. The third-order valence-electron chi connectivity index (χ3n) is 3.88. The number of aryl methyl sites for hydroxylation is 1. The van der Waals surface area contributed by atoms with Crippen LogP contribution in [0.1, 0.15) is 15.4 Å². The van der Waals surface area contributed by atoms with Crippen LogP contribution in [0.25, 0.3) is 10.6 Å². The lowest BCUT2D eigenvalue weighted by Gasteiger charge is -2.09. The second-order valence-corrected chi connectivity index (χ2v) is 8.67. The first-order valence-corrected chi connectivity index (χ1v) is 10.3. The zero-order valence-electron chi connectivity index (χ0n) is 14.5. The molecule has 1 atom stereocenters. The number of hydrogen-bond acceptors (Lipinski definition) is 7. The average molecular weight is 394 g/mol. The molecule has 0 unspecified atom stereocenters. The molecule has 2 heterocycles. The SMILES string of the molecule is COc1ccc(-c2nc(C)c(C(=O)N[C@H]3C=CS(=O)(=O)C3)s2)cc1OC. The summed E-state index contributed by atoms with van der Waals surface area (Å²) >= 11 is 1.24. The van der Waals surface area contributed by atoms with E-state index in [4.69, 9.17) is 9.47 Å². The van der Waals surface area contributed by atoms with Crippen LogP contribution in [0.2, 0.25) is 0 Å².